The number of hydrogen-bond donors (Lipinski definition) is 1. The highest BCUT2D eigenvalue weighted by Crippen LogP contribution is 2.24. The van der Waals surface area contributed by atoms with Crippen molar-refractivity contribution in [1.82, 2.24) is 9.55 Å². The number of rotatable bonds is 6. The topological polar surface area (TPSA) is 39.2 Å². The number of methoxy groups -OCH3 is 1. The lowest BCUT2D eigenvalue weighted by Crippen LogP contribution is -2.03. The van der Waals surface area contributed by atoms with Gasteiger partial charge in [-0.15, -0.1) is 0 Å². The fraction of sp³-hybridized carbons (Fsp3) is 0.462. The molecule has 0 saturated heterocycles. The zero-order valence-electron chi connectivity index (χ0n) is 11.0. The van der Waals surface area contributed by atoms with Crippen LogP contribution in [0, 0.1) is 10.6 Å². The summed E-state index contributed by atoms with van der Waals surface area (Å²) in [6.07, 6.45) is 0.856. The maximum atomic E-state index is 13.6. The molecule has 19 heavy (non-hydrogen) atoms. The van der Waals surface area contributed by atoms with E-state index >= 15 is 0 Å². The summed E-state index contributed by atoms with van der Waals surface area (Å²) >= 11 is 5.26. The smallest absolute Gasteiger partial charge is 0.178 e. The van der Waals surface area contributed by atoms with Gasteiger partial charge in [0.15, 0.2) is 16.3 Å². The molecule has 0 fully saturated rings. The van der Waals surface area contributed by atoms with Crippen LogP contribution in [0.3, 0.4) is 0 Å². The Morgan fingerprint density at radius 3 is 2.89 bits per heavy atom. The second-order valence-corrected chi connectivity index (χ2v) is 4.52. The molecule has 0 atom stereocenters. The van der Waals surface area contributed by atoms with Crippen LogP contribution in [0.15, 0.2) is 12.1 Å². The highest BCUT2D eigenvalue weighted by molar-refractivity contribution is 7.71. The first-order valence-electron chi connectivity index (χ1n) is 6.21. The van der Waals surface area contributed by atoms with Crippen LogP contribution in [0.5, 0.6) is 5.75 Å². The molecule has 4 nitrogen and oxygen atoms in total. The number of H-pyrrole nitrogens is 1. The lowest BCUT2D eigenvalue weighted by atomic mass is 10.3. The van der Waals surface area contributed by atoms with Crippen LogP contribution in [0.1, 0.15) is 13.3 Å². The van der Waals surface area contributed by atoms with E-state index in [1.54, 1.807) is 6.07 Å². The van der Waals surface area contributed by atoms with Crippen LogP contribution in [-0.2, 0) is 11.3 Å². The van der Waals surface area contributed by atoms with E-state index in [1.807, 2.05) is 11.5 Å². The van der Waals surface area contributed by atoms with Gasteiger partial charge in [0, 0.05) is 31.9 Å². The Kier molecular flexibility index (Phi) is 4.55. The van der Waals surface area contributed by atoms with Crippen molar-refractivity contribution in [2.24, 2.45) is 0 Å². The summed E-state index contributed by atoms with van der Waals surface area (Å²) in [4.78, 5) is 3.00. The average molecular weight is 284 g/mol. The molecular formula is C13H17FN2O2S. The molecule has 1 heterocycles. The normalized spacial score (nSPS) is 11.1. The third-order valence-electron chi connectivity index (χ3n) is 2.92. The molecule has 0 saturated carbocycles. The van der Waals surface area contributed by atoms with Gasteiger partial charge >= 0.3 is 0 Å². The molecular weight excluding hydrogens is 267 g/mol. The fourth-order valence-corrected chi connectivity index (χ4v) is 2.31. The molecule has 0 aliphatic carbocycles. The molecule has 6 heteroatoms. The van der Waals surface area contributed by atoms with Gasteiger partial charge in [0.05, 0.1) is 18.1 Å². The van der Waals surface area contributed by atoms with Crippen LogP contribution in [0.25, 0.3) is 11.0 Å². The number of nitrogens with one attached hydrogen (secondary N) is 1. The Balaban J connectivity index is 2.32. The third kappa shape index (κ3) is 2.96. The molecule has 1 aromatic heterocycles. The summed E-state index contributed by atoms with van der Waals surface area (Å²) in [5, 5.41) is 0. The third-order valence-corrected chi connectivity index (χ3v) is 3.24. The Hall–Kier alpha value is -1.40. The molecule has 104 valence electrons. The monoisotopic (exact) mass is 284 g/mol. The zero-order chi connectivity index (χ0) is 13.8. The number of aryl methyl sites for hydroxylation is 1. The number of nitrogens with zero attached hydrogens (tertiary/aromatic N) is 1. The maximum absolute atomic E-state index is 13.6. The quantitative estimate of drug-likeness (QED) is 0.653. The Labute approximate surface area is 116 Å². The fourth-order valence-electron chi connectivity index (χ4n) is 2.01. The van der Waals surface area contributed by atoms with Crippen LogP contribution < -0.4 is 4.74 Å². The highest BCUT2D eigenvalue weighted by Gasteiger charge is 2.10. The molecule has 1 aromatic carbocycles. The number of aromatic nitrogens is 2. The summed E-state index contributed by atoms with van der Waals surface area (Å²) in [5.74, 6) is -0.173. The van der Waals surface area contributed by atoms with E-state index in [0.717, 1.165) is 18.5 Å². The van der Waals surface area contributed by atoms with Crippen LogP contribution in [0.2, 0.25) is 0 Å². The van der Waals surface area contributed by atoms with Gasteiger partial charge in [-0.1, -0.05) is 0 Å². The summed E-state index contributed by atoms with van der Waals surface area (Å²) in [7, 11) is 1.45. The predicted octanol–water partition coefficient (Wildman–Crippen LogP) is 3.27. The summed E-state index contributed by atoms with van der Waals surface area (Å²) in [6.45, 7) is 4.08. The molecule has 1 N–H and O–H groups in total. The Bertz CT molecular complexity index is 621. The molecule has 0 unspecified atom stereocenters. The van der Waals surface area contributed by atoms with E-state index in [4.69, 9.17) is 21.7 Å². The largest absolute Gasteiger partial charge is 0.494 e. The van der Waals surface area contributed by atoms with Crippen molar-refractivity contribution in [3.8, 4) is 5.75 Å². The van der Waals surface area contributed by atoms with E-state index in [0.29, 0.717) is 23.5 Å². The van der Waals surface area contributed by atoms with Crippen LogP contribution in [0.4, 0.5) is 4.39 Å². The predicted molar refractivity (Wildman–Crippen MR) is 74.7 cm³/mol. The van der Waals surface area contributed by atoms with Crippen molar-refractivity contribution in [3.63, 3.8) is 0 Å². The van der Waals surface area contributed by atoms with Crippen LogP contribution in [-0.4, -0.2) is 29.9 Å². The van der Waals surface area contributed by atoms with Gasteiger partial charge in [-0.25, -0.2) is 4.39 Å². The van der Waals surface area contributed by atoms with E-state index < -0.39 is 5.82 Å². The minimum Gasteiger partial charge on any atom is -0.494 e. The SMILES string of the molecule is CCOCCCn1c(=S)[nH]c2cc(F)c(OC)cc21. The highest BCUT2D eigenvalue weighted by atomic mass is 32.1. The van der Waals surface area contributed by atoms with Gasteiger partial charge < -0.3 is 19.0 Å². The van der Waals surface area contributed by atoms with Crippen molar-refractivity contribution in [2.45, 2.75) is 19.9 Å². The second-order valence-electron chi connectivity index (χ2n) is 4.14. The number of fused-ring (bicyclic) bond motifs is 1. The maximum Gasteiger partial charge on any atom is 0.178 e. The van der Waals surface area contributed by atoms with E-state index in [9.17, 15) is 4.39 Å². The molecule has 0 aliphatic rings. The summed E-state index contributed by atoms with van der Waals surface area (Å²) in [6, 6.07) is 3.07. The molecule has 0 bridgehead atoms. The molecule has 0 aliphatic heterocycles. The van der Waals surface area contributed by atoms with Crippen molar-refractivity contribution >= 4 is 23.3 Å². The molecule has 2 rings (SSSR count). The van der Waals surface area contributed by atoms with Gasteiger partial charge in [-0.2, -0.15) is 0 Å². The number of aromatic amines is 1. The van der Waals surface area contributed by atoms with Gasteiger partial charge in [0.1, 0.15) is 0 Å². The molecule has 0 radical (unpaired) electrons. The number of benzene rings is 1. The Morgan fingerprint density at radius 1 is 1.42 bits per heavy atom. The lowest BCUT2D eigenvalue weighted by Gasteiger charge is -2.06. The molecule has 0 amide bonds. The van der Waals surface area contributed by atoms with E-state index in [2.05, 4.69) is 4.98 Å². The van der Waals surface area contributed by atoms with Gasteiger partial charge in [-0.05, 0) is 25.6 Å². The van der Waals surface area contributed by atoms with Gasteiger partial charge in [-0.3, -0.25) is 0 Å². The second kappa shape index (κ2) is 6.16. The van der Waals surface area contributed by atoms with Crippen molar-refractivity contribution in [1.29, 1.82) is 0 Å². The first-order chi connectivity index (χ1) is 9.17. The molecule has 0 spiro atoms. The van der Waals surface area contributed by atoms with Crippen LogP contribution >= 0.6 is 12.2 Å². The molecule has 2 aromatic rings. The summed E-state index contributed by atoms with van der Waals surface area (Å²) in [5.41, 5.74) is 1.53. The van der Waals surface area contributed by atoms with Crippen molar-refractivity contribution < 1.29 is 13.9 Å². The van der Waals surface area contributed by atoms with Gasteiger partial charge in [0.2, 0.25) is 0 Å². The lowest BCUT2D eigenvalue weighted by molar-refractivity contribution is 0.142. The van der Waals surface area contributed by atoms with Gasteiger partial charge in [0.25, 0.3) is 0 Å². The number of imidazole rings is 1. The Morgan fingerprint density at radius 2 is 2.21 bits per heavy atom. The number of halogens is 1. The van der Waals surface area contributed by atoms with Crippen molar-refractivity contribution in [2.75, 3.05) is 20.3 Å². The summed E-state index contributed by atoms with van der Waals surface area (Å²) < 4.78 is 26.4. The standard InChI is InChI=1S/C13H17FN2O2S/c1-3-18-6-4-5-16-11-8-12(17-2)9(14)7-10(11)15-13(16)19/h7-8H,3-6H2,1-2H3,(H,15,19). The minimum absolute atomic E-state index is 0.222. The first kappa shape index (κ1) is 14.0. The van der Waals surface area contributed by atoms with E-state index in [1.165, 1.54) is 13.2 Å². The number of ether oxygens (including phenoxy) is 2. The first-order valence-corrected chi connectivity index (χ1v) is 6.62. The van der Waals surface area contributed by atoms with Crippen molar-refractivity contribution in [3.05, 3.63) is 22.7 Å². The minimum atomic E-state index is -0.396. The van der Waals surface area contributed by atoms with E-state index in [-0.39, 0.29) is 5.75 Å². The zero-order valence-corrected chi connectivity index (χ0v) is 11.8. The average Bonchev–Trinajstić information content (AvgIpc) is 2.69. The number of hydrogen-bond acceptors (Lipinski definition) is 3.